The zero-order valence-corrected chi connectivity index (χ0v) is 8.33. The van der Waals surface area contributed by atoms with Gasteiger partial charge in [0, 0.05) is 18.9 Å². The molecule has 3 N–H and O–H groups in total. The fourth-order valence-electron chi connectivity index (χ4n) is 0.0830. The Hall–Kier alpha value is 1.58. The topological polar surface area (TPSA) is 55.1 Å². The van der Waals surface area contributed by atoms with Crippen LogP contribution in [0.2, 0.25) is 0 Å². The number of hydrogen-bond donors (Lipinski definition) is 2. The number of carbonyl (C=O) groups excluding carboxylic acids is 1. The quantitative estimate of drug-likeness (QED) is 0.177. The number of rotatable bonds is 1. The van der Waals surface area contributed by atoms with E-state index in [2.05, 4.69) is 4.83 Å². The van der Waals surface area contributed by atoms with Crippen molar-refractivity contribution >= 4 is 17.1 Å². The van der Waals surface area contributed by atoms with Gasteiger partial charge in [0.25, 0.3) is 0 Å². The van der Waals surface area contributed by atoms with Crippen LogP contribution in [0, 0.1) is 0 Å². The second kappa shape index (κ2) is 7.58. The third-order valence-corrected chi connectivity index (χ3v) is 0.608. The second-order valence-corrected chi connectivity index (χ2v) is 1.73. The summed E-state index contributed by atoms with van der Waals surface area (Å²) in [4.78, 5) is 12.0. The zero-order valence-electron chi connectivity index (χ0n) is 5.39. The summed E-state index contributed by atoms with van der Waals surface area (Å²) in [5.41, 5.74) is 0. The Morgan fingerprint density at radius 3 is 2.43 bits per heavy atom. The van der Waals surface area contributed by atoms with E-state index >= 15 is 0 Å². The van der Waals surface area contributed by atoms with Crippen molar-refractivity contribution in [3.05, 3.63) is 0 Å². The molecular weight excluding hydrogens is 139 g/mol. The third-order valence-electron chi connectivity index (χ3n) is 0.203. The van der Waals surface area contributed by atoms with Crippen molar-refractivity contribution in [2.75, 3.05) is 0 Å². The van der Waals surface area contributed by atoms with Crippen molar-refractivity contribution in [1.29, 1.82) is 0 Å². The molecule has 0 atom stereocenters. The van der Waals surface area contributed by atoms with Gasteiger partial charge in [0.15, 0.2) is 0 Å². The monoisotopic (exact) mass is 146 g/mol. The van der Waals surface area contributed by atoms with Crippen molar-refractivity contribution in [3.8, 4) is 0 Å². The fraction of sp³-hybridized carbons (Fsp3) is 0.500. The predicted octanol–water partition coefficient (Wildman–Crippen LogP) is -3.24. The Kier molecular flexibility index (Phi) is 12.3. The maximum atomic E-state index is 9.86. The van der Waals surface area contributed by atoms with Gasteiger partial charge in [0.05, 0.1) is 0 Å². The molecule has 0 rings (SSSR count). The summed E-state index contributed by atoms with van der Waals surface area (Å²) in [6, 6.07) is 0. The predicted molar refractivity (Wildman–Crippen MR) is 26.7 cm³/mol. The Labute approximate surface area is 90.8 Å². The van der Waals surface area contributed by atoms with Gasteiger partial charge in [0.2, 0.25) is 5.12 Å². The van der Waals surface area contributed by atoms with Crippen LogP contribution in [0.4, 0.5) is 0 Å². The van der Waals surface area contributed by atoms with Crippen molar-refractivity contribution in [1.82, 2.24) is 4.83 Å². The van der Waals surface area contributed by atoms with Crippen LogP contribution in [-0.4, -0.2) is 5.12 Å². The molecule has 0 heterocycles. The summed E-state index contributed by atoms with van der Waals surface area (Å²) >= 11 is 0.875. The molecule has 0 aliphatic rings. The molecule has 0 aliphatic carbocycles. The standard InChI is InChI=1S/C2H6N2OS.K.H/c1-2(5)6-4-3;;/h4H,3H2,1H3;;/q;+1;-1. The minimum absolute atomic E-state index is 0. The van der Waals surface area contributed by atoms with E-state index in [-0.39, 0.29) is 57.9 Å². The molecule has 0 unspecified atom stereocenters. The first-order chi connectivity index (χ1) is 2.77. The molecule has 0 radical (unpaired) electrons. The average molecular weight is 146 g/mol. The van der Waals surface area contributed by atoms with Gasteiger partial charge in [-0.2, -0.15) is 4.83 Å². The molecule has 5 heteroatoms. The number of nitrogens with one attached hydrogen (secondary N) is 1. The van der Waals surface area contributed by atoms with Gasteiger partial charge in [0.1, 0.15) is 0 Å². The first-order valence-electron chi connectivity index (χ1n) is 1.40. The van der Waals surface area contributed by atoms with Gasteiger partial charge in [-0.3, -0.25) is 10.6 Å². The summed E-state index contributed by atoms with van der Waals surface area (Å²) in [6.45, 7) is 1.44. The van der Waals surface area contributed by atoms with E-state index in [4.69, 9.17) is 5.84 Å². The van der Waals surface area contributed by atoms with Crippen LogP contribution >= 0.6 is 11.9 Å². The Bertz CT molecular complexity index is 64.0. The van der Waals surface area contributed by atoms with E-state index in [1.165, 1.54) is 6.92 Å². The van der Waals surface area contributed by atoms with Crippen molar-refractivity contribution in [2.24, 2.45) is 5.84 Å². The molecule has 0 aromatic carbocycles. The fourth-order valence-corrected chi connectivity index (χ4v) is 0.249. The van der Waals surface area contributed by atoms with Crippen LogP contribution in [0.5, 0.6) is 0 Å². The van der Waals surface area contributed by atoms with E-state index in [0.29, 0.717) is 0 Å². The molecule has 0 spiro atoms. The third kappa shape index (κ3) is 11.2. The SMILES string of the molecule is CC(=O)SNN.[H-].[K+]. The van der Waals surface area contributed by atoms with Gasteiger partial charge in [-0.05, 0) is 0 Å². The molecule has 0 bridgehead atoms. The summed E-state index contributed by atoms with van der Waals surface area (Å²) in [6.07, 6.45) is 0. The van der Waals surface area contributed by atoms with E-state index in [9.17, 15) is 4.79 Å². The maximum absolute atomic E-state index is 9.86. The first kappa shape index (κ1) is 11.4. The van der Waals surface area contributed by atoms with Crippen LogP contribution in [0.15, 0.2) is 0 Å². The number of hydrazine groups is 1. The Morgan fingerprint density at radius 1 is 2.00 bits per heavy atom. The molecule has 0 aromatic rings. The summed E-state index contributed by atoms with van der Waals surface area (Å²) in [7, 11) is 0. The van der Waals surface area contributed by atoms with Gasteiger partial charge in [-0.1, -0.05) is 0 Å². The molecular formula is C2H7KN2OS. The molecule has 38 valence electrons. The summed E-state index contributed by atoms with van der Waals surface area (Å²) in [5, 5.41) is -0.0301. The maximum Gasteiger partial charge on any atom is 1.00 e. The van der Waals surface area contributed by atoms with Crippen LogP contribution in [0.3, 0.4) is 0 Å². The molecule has 3 nitrogen and oxygen atoms in total. The van der Waals surface area contributed by atoms with Gasteiger partial charge in [-0.25, -0.2) is 0 Å². The molecule has 0 aliphatic heterocycles. The Balaban J connectivity index is -0.000000125. The van der Waals surface area contributed by atoms with Crippen LogP contribution < -0.4 is 62.1 Å². The number of hydrogen-bond acceptors (Lipinski definition) is 4. The van der Waals surface area contributed by atoms with E-state index in [0.717, 1.165) is 11.9 Å². The smallest absolute Gasteiger partial charge is 1.00 e. The number of carbonyl (C=O) groups is 1. The largest absolute Gasteiger partial charge is 1.00 e. The van der Waals surface area contributed by atoms with Gasteiger partial charge in [-0.15, -0.1) is 0 Å². The molecule has 7 heavy (non-hydrogen) atoms. The molecule has 0 saturated carbocycles. The van der Waals surface area contributed by atoms with Crippen LogP contribution in [0.1, 0.15) is 8.35 Å². The zero-order chi connectivity index (χ0) is 4.99. The summed E-state index contributed by atoms with van der Waals surface area (Å²) in [5.74, 6) is 4.72. The molecule has 0 amide bonds. The van der Waals surface area contributed by atoms with Crippen molar-refractivity contribution in [2.45, 2.75) is 6.92 Å². The van der Waals surface area contributed by atoms with Crippen LogP contribution in [0.25, 0.3) is 0 Å². The minimum atomic E-state index is -0.0301. The summed E-state index contributed by atoms with van der Waals surface area (Å²) < 4.78 is 0. The van der Waals surface area contributed by atoms with Gasteiger partial charge < -0.3 is 1.43 Å². The first-order valence-corrected chi connectivity index (χ1v) is 2.22. The molecule has 0 fully saturated rings. The van der Waals surface area contributed by atoms with Crippen LogP contribution in [-0.2, 0) is 4.79 Å². The second-order valence-electron chi connectivity index (χ2n) is 0.711. The number of nitrogens with two attached hydrogens (primary N) is 1. The van der Waals surface area contributed by atoms with E-state index < -0.39 is 0 Å². The van der Waals surface area contributed by atoms with E-state index in [1.54, 1.807) is 0 Å². The molecule has 0 saturated heterocycles. The van der Waals surface area contributed by atoms with Crippen molar-refractivity contribution in [3.63, 3.8) is 0 Å². The van der Waals surface area contributed by atoms with Crippen molar-refractivity contribution < 1.29 is 57.6 Å². The van der Waals surface area contributed by atoms with E-state index in [1.807, 2.05) is 0 Å². The normalized spacial score (nSPS) is 7.14. The average Bonchev–Trinajstić information content (AvgIpc) is 1.35. The Morgan fingerprint density at radius 2 is 2.43 bits per heavy atom. The molecule has 0 aromatic heterocycles. The van der Waals surface area contributed by atoms with Gasteiger partial charge >= 0.3 is 51.4 Å². The minimum Gasteiger partial charge on any atom is -1.00 e.